The summed E-state index contributed by atoms with van der Waals surface area (Å²) < 4.78 is 10.6. The average Bonchev–Trinajstić information content (AvgIpc) is 3.17. The minimum atomic E-state index is 0.00480. The first-order chi connectivity index (χ1) is 13.2. The Morgan fingerprint density at radius 1 is 1.07 bits per heavy atom. The van der Waals surface area contributed by atoms with E-state index in [1.54, 1.807) is 32.4 Å². The second-order valence-corrected chi connectivity index (χ2v) is 6.55. The summed E-state index contributed by atoms with van der Waals surface area (Å²) in [4.78, 5) is 18.0. The standard InChI is InChI=1S/C22H22N2O3/c1-26-20-8-7-16(13-21(20)27-2)22(25)24-11-9-15(10-12-24)18-14-23-19-6-4-3-5-17(18)19/h3-9,13-14,23H,10-12H2,1-2H3. The molecule has 0 unspecified atom stereocenters. The Labute approximate surface area is 158 Å². The predicted molar refractivity (Wildman–Crippen MR) is 106 cm³/mol. The first-order valence-electron chi connectivity index (χ1n) is 8.98. The molecule has 5 heteroatoms. The van der Waals surface area contributed by atoms with Gasteiger partial charge in [0.15, 0.2) is 11.5 Å². The topological polar surface area (TPSA) is 54.6 Å². The van der Waals surface area contributed by atoms with E-state index in [2.05, 4.69) is 35.5 Å². The molecule has 0 radical (unpaired) electrons. The van der Waals surface area contributed by atoms with Gasteiger partial charge in [-0.2, -0.15) is 0 Å². The molecular weight excluding hydrogens is 340 g/mol. The number of para-hydroxylation sites is 1. The van der Waals surface area contributed by atoms with Crippen molar-refractivity contribution < 1.29 is 14.3 Å². The van der Waals surface area contributed by atoms with E-state index in [4.69, 9.17) is 9.47 Å². The van der Waals surface area contributed by atoms with Crippen LogP contribution in [0.25, 0.3) is 16.5 Å². The first-order valence-corrected chi connectivity index (χ1v) is 8.98. The van der Waals surface area contributed by atoms with Crippen molar-refractivity contribution in [3.63, 3.8) is 0 Å². The largest absolute Gasteiger partial charge is 0.493 e. The van der Waals surface area contributed by atoms with Crippen molar-refractivity contribution in [2.45, 2.75) is 6.42 Å². The fourth-order valence-corrected chi connectivity index (χ4v) is 3.59. The molecule has 0 bridgehead atoms. The normalized spacial score (nSPS) is 14.1. The van der Waals surface area contributed by atoms with Gasteiger partial charge in [0.05, 0.1) is 14.2 Å². The lowest BCUT2D eigenvalue weighted by molar-refractivity contribution is 0.0772. The summed E-state index contributed by atoms with van der Waals surface area (Å²) in [7, 11) is 3.16. The van der Waals surface area contributed by atoms with Gasteiger partial charge in [-0.05, 0) is 36.3 Å². The summed E-state index contributed by atoms with van der Waals surface area (Å²) in [5.74, 6) is 1.19. The van der Waals surface area contributed by atoms with E-state index in [0.29, 0.717) is 30.2 Å². The highest BCUT2D eigenvalue weighted by Crippen LogP contribution is 2.31. The summed E-state index contributed by atoms with van der Waals surface area (Å²) in [6.07, 6.45) is 5.04. The molecule has 0 fully saturated rings. The summed E-state index contributed by atoms with van der Waals surface area (Å²) in [6, 6.07) is 13.6. The number of nitrogens with zero attached hydrogens (tertiary/aromatic N) is 1. The molecule has 1 aliphatic heterocycles. The number of ether oxygens (including phenoxy) is 2. The van der Waals surface area contributed by atoms with E-state index in [1.165, 1.54) is 16.5 Å². The monoisotopic (exact) mass is 362 g/mol. The van der Waals surface area contributed by atoms with Gasteiger partial charge in [-0.1, -0.05) is 24.3 Å². The van der Waals surface area contributed by atoms with Crippen LogP contribution >= 0.6 is 0 Å². The number of aromatic nitrogens is 1. The van der Waals surface area contributed by atoms with Crippen LogP contribution in [0.4, 0.5) is 0 Å². The van der Waals surface area contributed by atoms with Gasteiger partial charge in [-0.3, -0.25) is 4.79 Å². The van der Waals surface area contributed by atoms with Gasteiger partial charge in [-0.25, -0.2) is 0 Å². The van der Waals surface area contributed by atoms with Crippen LogP contribution in [-0.2, 0) is 0 Å². The van der Waals surface area contributed by atoms with E-state index in [9.17, 15) is 4.79 Å². The maximum absolute atomic E-state index is 12.9. The Balaban J connectivity index is 1.54. The van der Waals surface area contributed by atoms with Crippen LogP contribution in [0.2, 0.25) is 0 Å². The lowest BCUT2D eigenvalue weighted by atomic mass is 9.98. The number of benzene rings is 2. The summed E-state index contributed by atoms with van der Waals surface area (Å²) in [6.45, 7) is 1.29. The van der Waals surface area contributed by atoms with Gasteiger partial charge in [0.1, 0.15) is 0 Å². The van der Waals surface area contributed by atoms with Crippen molar-refractivity contribution in [3.8, 4) is 11.5 Å². The lowest BCUT2D eigenvalue weighted by Crippen LogP contribution is -2.34. The van der Waals surface area contributed by atoms with Gasteiger partial charge in [0.2, 0.25) is 0 Å². The van der Waals surface area contributed by atoms with E-state index in [0.717, 1.165) is 11.9 Å². The summed E-state index contributed by atoms with van der Waals surface area (Å²) >= 11 is 0. The Kier molecular flexibility index (Phi) is 4.59. The van der Waals surface area contributed by atoms with E-state index >= 15 is 0 Å². The average molecular weight is 362 g/mol. The minimum absolute atomic E-state index is 0.00480. The second kappa shape index (κ2) is 7.19. The third-order valence-corrected chi connectivity index (χ3v) is 5.06. The van der Waals surface area contributed by atoms with Crippen LogP contribution in [0.5, 0.6) is 11.5 Å². The van der Waals surface area contributed by atoms with E-state index < -0.39 is 0 Å². The minimum Gasteiger partial charge on any atom is -0.493 e. The lowest BCUT2D eigenvalue weighted by Gasteiger charge is -2.27. The van der Waals surface area contributed by atoms with Gasteiger partial charge in [0.25, 0.3) is 5.91 Å². The SMILES string of the molecule is COc1ccc(C(=O)N2CC=C(c3c[nH]c4ccccc34)CC2)cc1OC. The maximum Gasteiger partial charge on any atom is 0.254 e. The molecule has 4 rings (SSSR count). The molecule has 0 saturated carbocycles. The number of hydrogen-bond donors (Lipinski definition) is 1. The number of hydrogen-bond acceptors (Lipinski definition) is 3. The Bertz CT molecular complexity index is 1020. The summed E-state index contributed by atoms with van der Waals surface area (Å²) in [5.41, 5.74) is 4.25. The van der Waals surface area contributed by atoms with Crippen LogP contribution in [0.15, 0.2) is 54.7 Å². The number of nitrogens with one attached hydrogen (secondary N) is 1. The quantitative estimate of drug-likeness (QED) is 0.760. The third-order valence-electron chi connectivity index (χ3n) is 5.06. The first kappa shape index (κ1) is 17.2. The van der Waals surface area contributed by atoms with Crippen LogP contribution in [0, 0.1) is 0 Å². The zero-order valence-electron chi connectivity index (χ0n) is 15.5. The maximum atomic E-state index is 12.9. The molecule has 0 atom stereocenters. The second-order valence-electron chi connectivity index (χ2n) is 6.55. The van der Waals surface area contributed by atoms with Crippen molar-refractivity contribution in [3.05, 3.63) is 65.9 Å². The number of amides is 1. The van der Waals surface area contributed by atoms with Crippen LogP contribution < -0.4 is 9.47 Å². The van der Waals surface area contributed by atoms with Crippen LogP contribution in [0.1, 0.15) is 22.3 Å². The van der Waals surface area contributed by atoms with Crippen molar-refractivity contribution in [1.82, 2.24) is 9.88 Å². The molecule has 1 aromatic heterocycles. The third kappa shape index (κ3) is 3.16. The molecule has 3 aromatic rings. The highest BCUT2D eigenvalue weighted by molar-refractivity contribution is 5.96. The fourth-order valence-electron chi connectivity index (χ4n) is 3.59. The Hall–Kier alpha value is -3.21. The number of H-pyrrole nitrogens is 1. The highest BCUT2D eigenvalue weighted by Gasteiger charge is 2.21. The molecule has 0 saturated heterocycles. The van der Waals surface area contributed by atoms with Crippen molar-refractivity contribution in [1.29, 1.82) is 0 Å². The van der Waals surface area contributed by atoms with Gasteiger partial charge in [-0.15, -0.1) is 0 Å². The molecule has 27 heavy (non-hydrogen) atoms. The molecule has 0 spiro atoms. The number of rotatable bonds is 4. The van der Waals surface area contributed by atoms with Crippen molar-refractivity contribution in [2.24, 2.45) is 0 Å². The van der Waals surface area contributed by atoms with Crippen molar-refractivity contribution in [2.75, 3.05) is 27.3 Å². The number of methoxy groups -OCH3 is 2. The molecule has 1 N–H and O–H groups in total. The summed E-state index contributed by atoms with van der Waals surface area (Å²) in [5, 5.41) is 1.23. The number of fused-ring (bicyclic) bond motifs is 1. The van der Waals surface area contributed by atoms with E-state index in [1.807, 2.05) is 11.0 Å². The molecule has 138 valence electrons. The molecular formula is C22H22N2O3. The van der Waals surface area contributed by atoms with E-state index in [-0.39, 0.29) is 5.91 Å². The number of aromatic amines is 1. The van der Waals surface area contributed by atoms with Crippen LogP contribution in [0.3, 0.4) is 0 Å². The Morgan fingerprint density at radius 3 is 2.63 bits per heavy atom. The van der Waals surface area contributed by atoms with Gasteiger partial charge < -0.3 is 19.4 Å². The molecule has 0 aliphatic carbocycles. The molecule has 2 aromatic carbocycles. The zero-order chi connectivity index (χ0) is 18.8. The fraction of sp³-hybridized carbons (Fsp3) is 0.227. The number of carbonyl (C=O) groups excluding carboxylic acids is 1. The van der Waals surface area contributed by atoms with Gasteiger partial charge in [0, 0.05) is 41.3 Å². The Morgan fingerprint density at radius 2 is 1.89 bits per heavy atom. The molecule has 1 aliphatic rings. The predicted octanol–water partition coefficient (Wildman–Crippen LogP) is 4.11. The molecule has 2 heterocycles. The molecule has 5 nitrogen and oxygen atoms in total. The van der Waals surface area contributed by atoms with Crippen molar-refractivity contribution >= 4 is 22.4 Å². The molecule has 1 amide bonds. The highest BCUT2D eigenvalue weighted by atomic mass is 16.5. The van der Waals surface area contributed by atoms with Crippen LogP contribution in [-0.4, -0.2) is 43.1 Å². The number of carbonyl (C=O) groups is 1. The van der Waals surface area contributed by atoms with Gasteiger partial charge >= 0.3 is 0 Å². The zero-order valence-corrected chi connectivity index (χ0v) is 15.5. The smallest absolute Gasteiger partial charge is 0.254 e.